The van der Waals surface area contributed by atoms with Crippen molar-refractivity contribution in [2.24, 2.45) is 0 Å². The number of ether oxygens (including phenoxy) is 5. The van der Waals surface area contributed by atoms with E-state index in [-0.39, 0.29) is 12.4 Å². The Morgan fingerprint density at radius 3 is 2.75 bits per heavy atom. The van der Waals surface area contributed by atoms with Gasteiger partial charge in [-0.3, -0.25) is 0 Å². The van der Waals surface area contributed by atoms with Crippen LogP contribution in [-0.4, -0.2) is 55.0 Å². The molecule has 0 amide bonds. The van der Waals surface area contributed by atoms with E-state index in [0.29, 0.717) is 13.2 Å². The van der Waals surface area contributed by atoms with E-state index in [4.69, 9.17) is 23.7 Å². The second-order valence-corrected chi connectivity index (χ2v) is 5.37. The lowest BCUT2D eigenvalue weighted by atomic mass is 10.1. The van der Waals surface area contributed by atoms with Crippen LogP contribution in [0, 0.1) is 0 Å². The Balaban J connectivity index is 1.92. The average Bonchev–Trinajstić information content (AvgIpc) is 2.72. The van der Waals surface area contributed by atoms with Crippen LogP contribution in [0.1, 0.15) is 27.7 Å². The van der Waals surface area contributed by atoms with E-state index < -0.39 is 24.3 Å². The van der Waals surface area contributed by atoms with Crippen LogP contribution in [0.15, 0.2) is 12.2 Å². The lowest BCUT2D eigenvalue weighted by Crippen LogP contribution is -2.46. The van der Waals surface area contributed by atoms with Crippen LogP contribution in [0.4, 0.5) is 0 Å². The minimum Gasteiger partial charge on any atom is -0.386 e. The van der Waals surface area contributed by atoms with E-state index in [1.54, 1.807) is 19.1 Å². The van der Waals surface area contributed by atoms with E-state index in [1.807, 2.05) is 20.8 Å². The van der Waals surface area contributed by atoms with Crippen molar-refractivity contribution in [1.82, 2.24) is 0 Å². The minimum atomic E-state index is -0.736. The predicted molar refractivity (Wildman–Crippen MR) is 70.9 cm³/mol. The minimum absolute atomic E-state index is 0.321. The summed E-state index contributed by atoms with van der Waals surface area (Å²) in [5.74, 6) is -0.649. The zero-order valence-corrected chi connectivity index (χ0v) is 12.4. The highest BCUT2D eigenvalue weighted by Gasteiger charge is 2.42. The average molecular weight is 288 g/mol. The van der Waals surface area contributed by atoms with Gasteiger partial charge in [-0.25, -0.2) is 0 Å². The first kappa shape index (κ1) is 15.9. The molecule has 2 rings (SSSR count). The molecular weight excluding hydrogens is 264 g/mol. The van der Waals surface area contributed by atoms with Crippen LogP contribution in [0.2, 0.25) is 0 Å². The number of aliphatic hydroxyl groups excluding tert-OH is 1. The highest BCUT2D eigenvalue weighted by molar-refractivity contribution is 5.02. The molecule has 0 aromatic carbocycles. The summed E-state index contributed by atoms with van der Waals surface area (Å²) in [4.78, 5) is 0. The van der Waals surface area contributed by atoms with Gasteiger partial charge >= 0.3 is 0 Å². The summed E-state index contributed by atoms with van der Waals surface area (Å²) in [7, 11) is 0. The van der Waals surface area contributed by atoms with E-state index in [9.17, 15) is 5.11 Å². The van der Waals surface area contributed by atoms with Gasteiger partial charge in [0, 0.05) is 6.61 Å². The Hall–Kier alpha value is -0.500. The molecule has 6 nitrogen and oxygen atoms in total. The molecule has 0 aromatic rings. The van der Waals surface area contributed by atoms with Crippen molar-refractivity contribution >= 4 is 0 Å². The van der Waals surface area contributed by atoms with Gasteiger partial charge in [0.25, 0.3) is 0 Å². The van der Waals surface area contributed by atoms with Crippen molar-refractivity contribution in [2.75, 3.05) is 13.2 Å². The highest BCUT2D eigenvalue weighted by atomic mass is 16.8. The molecule has 2 aliphatic heterocycles. The molecule has 1 N–H and O–H groups in total. The monoisotopic (exact) mass is 288 g/mol. The largest absolute Gasteiger partial charge is 0.386 e. The van der Waals surface area contributed by atoms with Crippen LogP contribution >= 0.6 is 0 Å². The van der Waals surface area contributed by atoms with Gasteiger partial charge in [0.2, 0.25) is 0 Å². The maximum atomic E-state index is 10.0. The van der Waals surface area contributed by atoms with Crippen molar-refractivity contribution in [3.8, 4) is 0 Å². The molecular formula is C14H24O6. The van der Waals surface area contributed by atoms with Crippen LogP contribution in [0.5, 0.6) is 0 Å². The summed E-state index contributed by atoms with van der Waals surface area (Å²) in [6.07, 6.45) is 0.836. The Morgan fingerprint density at radius 2 is 2.15 bits per heavy atom. The molecule has 6 heteroatoms. The number of aliphatic hydroxyl groups is 1. The van der Waals surface area contributed by atoms with Crippen molar-refractivity contribution in [1.29, 1.82) is 0 Å². The lowest BCUT2D eigenvalue weighted by Gasteiger charge is -2.33. The van der Waals surface area contributed by atoms with Gasteiger partial charge in [-0.2, -0.15) is 0 Å². The fourth-order valence-corrected chi connectivity index (χ4v) is 2.32. The lowest BCUT2D eigenvalue weighted by molar-refractivity contribution is -0.260. The molecule has 0 bridgehead atoms. The summed E-state index contributed by atoms with van der Waals surface area (Å²) >= 11 is 0. The van der Waals surface area contributed by atoms with E-state index in [2.05, 4.69) is 0 Å². The standard InChI is InChI=1S/C14H24O6/c1-5-16-9(2)18-12-7-6-10(15)13(19-12)11-8-17-14(3,4)20-11/h6-7,9-13,15H,5,8H2,1-4H3/t9?,10-,11-,12-,13-/m1/s1. The van der Waals surface area contributed by atoms with Gasteiger partial charge in [0.05, 0.1) is 6.61 Å². The van der Waals surface area contributed by atoms with Crippen molar-refractivity contribution in [3.63, 3.8) is 0 Å². The molecule has 0 saturated carbocycles. The van der Waals surface area contributed by atoms with Crippen molar-refractivity contribution < 1.29 is 28.8 Å². The Kier molecular flexibility index (Phi) is 5.17. The molecule has 0 spiro atoms. The first-order valence-electron chi connectivity index (χ1n) is 7.02. The third kappa shape index (κ3) is 4.00. The molecule has 1 unspecified atom stereocenters. The molecule has 116 valence electrons. The molecule has 0 radical (unpaired) electrons. The molecule has 5 atom stereocenters. The molecule has 1 fully saturated rings. The zero-order valence-electron chi connectivity index (χ0n) is 12.4. The normalized spacial score (nSPS) is 38.0. The summed E-state index contributed by atoms with van der Waals surface area (Å²) in [5, 5.41) is 10.0. The van der Waals surface area contributed by atoms with Crippen LogP contribution in [0.3, 0.4) is 0 Å². The van der Waals surface area contributed by atoms with E-state index >= 15 is 0 Å². The molecule has 2 heterocycles. The number of rotatable bonds is 5. The first-order valence-corrected chi connectivity index (χ1v) is 7.02. The van der Waals surface area contributed by atoms with Gasteiger partial charge in [-0.1, -0.05) is 6.08 Å². The van der Waals surface area contributed by atoms with Gasteiger partial charge in [0.1, 0.15) is 18.3 Å². The van der Waals surface area contributed by atoms with Gasteiger partial charge in [0.15, 0.2) is 18.4 Å². The Morgan fingerprint density at radius 1 is 1.40 bits per heavy atom. The second kappa shape index (κ2) is 6.51. The third-order valence-corrected chi connectivity index (χ3v) is 3.22. The maximum absolute atomic E-state index is 10.0. The number of hydrogen-bond acceptors (Lipinski definition) is 6. The smallest absolute Gasteiger partial charge is 0.180 e. The van der Waals surface area contributed by atoms with Gasteiger partial charge in [-0.15, -0.1) is 0 Å². The fraction of sp³-hybridized carbons (Fsp3) is 0.857. The van der Waals surface area contributed by atoms with Crippen LogP contribution in [0.25, 0.3) is 0 Å². The highest BCUT2D eigenvalue weighted by Crippen LogP contribution is 2.29. The Bertz CT molecular complexity index is 343. The van der Waals surface area contributed by atoms with Crippen molar-refractivity contribution in [2.45, 2.75) is 64.4 Å². The van der Waals surface area contributed by atoms with Crippen LogP contribution in [-0.2, 0) is 23.7 Å². The molecule has 0 aromatic heterocycles. The maximum Gasteiger partial charge on any atom is 0.180 e. The van der Waals surface area contributed by atoms with Gasteiger partial charge < -0.3 is 28.8 Å². The predicted octanol–water partition coefficient (Wildman–Crippen LogP) is 1.18. The molecule has 1 saturated heterocycles. The zero-order chi connectivity index (χ0) is 14.8. The molecule has 20 heavy (non-hydrogen) atoms. The topological polar surface area (TPSA) is 66.4 Å². The summed E-state index contributed by atoms with van der Waals surface area (Å²) in [6, 6.07) is 0. The first-order chi connectivity index (χ1) is 9.41. The SMILES string of the molecule is CCOC(C)O[C@H]1C=C[C@@H](O)[C@H]([C@H]2COC(C)(C)O2)O1. The van der Waals surface area contributed by atoms with Gasteiger partial charge in [-0.05, 0) is 33.8 Å². The Labute approximate surface area is 119 Å². The van der Waals surface area contributed by atoms with E-state index in [1.165, 1.54) is 0 Å². The second-order valence-electron chi connectivity index (χ2n) is 5.37. The quantitative estimate of drug-likeness (QED) is 0.605. The summed E-state index contributed by atoms with van der Waals surface area (Å²) in [6.45, 7) is 8.33. The van der Waals surface area contributed by atoms with E-state index in [0.717, 1.165) is 0 Å². The van der Waals surface area contributed by atoms with Crippen molar-refractivity contribution in [3.05, 3.63) is 12.2 Å². The van der Waals surface area contributed by atoms with Crippen LogP contribution < -0.4 is 0 Å². The molecule has 2 aliphatic rings. The third-order valence-electron chi connectivity index (χ3n) is 3.22. The molecule has 0 aliphatic carbocycles. The number of hydrogen-bond donors (Lipinski definition) is 1. The summed E-state index contributed by atoms with van der Waals surface area (Å²) in [5.41, 5.74) is 0. The summed E-state index contributed by atoms with van der Waals surface area (Å²) < 4.78 is 27.9. The fourth-order valence-electron chi connectivity index (χ4n) is 2.32.